The quantitative estimate of drug-likeness (QED) is 0.731. The first-order valence-electron chi connectivity index (χ1n) is 11.6. The van der Waals surface area contributed by atoms with Crippen molar-refractivity contribution in [2.75, 3.05) is 44.2 Å². The lowest BCUT2D eigenvalue weighted by atomic mass is 9.89. The Balaban J connectivity index is 1.45. The van der Waals surface area contributed by atoms with E-state index in [1.807, 2.05) is 6.07 Å². The van der Waals surface area contributed by atoms with Crippen LogP contribution in [0.4, 0.5) is 5.69 Å². The molecule has 2 fully saturated rings. The van der Waals surface area contributed by atoms with E-state index < -0.39 is 10.0 Å². The Morgan fingerprint density at radius 3 is 2.53 bits per heavy atom. The number of carbonyl (C=O) groups excluding carboxylic acids is 1. The zero-order chi connectivity index (χ0) is 21.1. The molecule has 2 aliphatic heterocycles. The van der Waals surface area contributed by atoms with Gasteiger partial charge in [-0.05, 0) is 68.3 Å². The van der Waals surface area contributed by atoms with Gasteiger partial charge in [0.2, 0.25) is 15.9 Å². The second-order valence-corrected chi connectivity index (χ2v) is 11.1. The third kappa shape index (κ3) is 4.73. The van der Waals surface area contributed by atoms with Crippen molar-refractivity contribution in [3.05, 3.63) is 23.8 Å². The highest BCUT2D eigenvalue weighted by Gasteiger charge is 2.29. The Morgan fingerprint density at radius 1 is 0.967 bits per heavy atom. The van der Waals surface area contributed by atoms with Crippen molar-refractivity contribution >= 4 is 21.6 Å². The topological polar surface area (TPSA) is 60.9 Å². The monoisotopic (exact) mass is 433 g/mol. The molecular weight excluding hydrogens is 398 g/mol. The number of sulfonamides is 1. The molecule has 0 bridgehead atoms. The maximum absolute atomic E-state index is 13.4. The number of anilines is 1. The van der Waals surface area contributed by atoms with Crippen LogP contribution < -0.4 is 4.90 Å². The maximum atomic E-state index is 13.4. The lowest BCUT2D eigenvalue weighted by Crippen LogP contribution is -2.37. The van der Waals surface area contributed by atoms with Gasteiger partial charge in [-0.25, -0.2) is 8.42 Å². The molecule has 1 amide bonds. The van der Waals surface area contributed by atoms with Crippen LogP contribution in [0.2, 0.25) is 0 Å². The van der Waals surface area contributed by atoms with Gasteiger partial charge >= 0.3 is 0 Å². The average Bonchev–Trinajstić information content (AvgIpc) is 2.99. The fourth-order valence-corrected chi connectivity index (χ4v) is 6.84. The van der Waals surface area contributed by atoms with Crippen LogP contribution in [0.25, 0.3) is 0 Å². The summed E-state index contributed by atoms with van der Waals surface area (Å²) in [5.41, 5.74) is 1.83. The number of fused-ring (bicyclic) bond motifs is 1. The predicted octanol–water partition coefficient (Wildman–Crippen LogP) is 3.26. The summed E-state index contributed by atoms with van der Waals surface area (Å²) in [5.74, 6) is 0.795. The number of benzene rings is 1. The largest absolute Gasteiger partial charge is 0.312 e. The molecule has 0 unspecified atom stereocenters. The molecular formula is C23H35N3O3S. The lowest BCUT2D eigenvalue weighted by Gasteiger charge is -2.29. The number of carbonyl (C=O) groups is 1. The molecule has 1 aliphatic carbocycles. The van der Waals surface area contributed by atoms with Gasteiger partial charge < -0.3 is 9.80 Å². The van der Waals surface area contributed by atoms with Gasteiger partial charge in [0.1, 0.15) is 0 Å². The van der Waals surface area contributed by atoms with E-state index in [4.69, 9.17) is 0 Å². The summed E-state index contributed by atoms with van der Waals surface area (Å²) in [5, 5.41) is 0. The normalized spacial score (nSPS) is 22.5. The smallest absolute Gasteiger partial charge is 0.243 e. The summed E-state index contributed by atoms with van der Waals surface area (Å²) in [6.07, 6.45) is 9.28. The third-order valence-corrected chi connectivity index (χ3v) is 8.87. The Labute approximate surface area is 181 Å². The molecule has 2 heterocycles. The highest BCUT2D eigenvalue weighted by Crippen LogP contribution is 2.31. The minimum atomic E-state index is -3.51. The summed E-state index contributed by atoms with van der Waals surface area (Å²) in [7, 11) is -3.51. The van der Waals surface area contributed by atoms with Crippen LogP contribution in [0.1, 0.15) is 57.4 Å². The summed E-state index contributed by atoms with van der Waals surface area (Å²) < 4.78 is 28.4. The molecule has 3 aliphatic rings. The molecule has 0 radical (unpaired) electrons. The summed E-state index contributed by atoms with van der Waals surface area (Å²) in [6, 6.07) is 5.29. The summed E-state index contributed by atoms with van der Waals surface area (Å²) in [4.78, 5) is 16.5. The molecule has 1 aromatic rings. The van der Waals surface area contributed by atoms with Gasteiger partial charge in [0, 0.05) is 45.3 Å². The number of hydrogen-bond donors (Lipinski definition) is 0. The van der Waals surface area contributed by atoms with Gasteiger partial charge in [0.05, 0.1) is 4.90 Å². The zero-order valence-corrected chi connectivity index (χ0v) is 19.0. The van der Waals surface area contributed by atoms with Crippen LogP contribution in [-0.2, 0) is 21.2 Å². The highest BCUT2D eigenvalue weighted by atomic mass is 32.2. The fraction of sp³-hybridized carbons (Fsp3) is 0.696. The van der Waals surface area contributed by atoms with Crippen molar-refractivity contribution in [2.45, 2.75) is 63.2 Å². The molecule has 6 nitrogen and oxygen atoms in total. The molecule has 1 saturated carbocycles. The van der Waals surface area contributed by atoms with Crippen LogP contribution in [0, 0.1) is 5.92 Å². The SMILES string of the molecule is CC(=O)N1CCCc2cc(S(=O)(=O)N3CCCN(CC4CCCCC4)CC3)ccc21. The van der Waals surface area contributed by atoms with Crippen molar-refractivity contribution < 1.29 is 13.2 Å². The molecule has 166 valence electrons. The first-order chi connectivity index (χ1) is 14.4. The van der Waals surface area contributed by atoms with Crippen molar-refractivity contribution in [3.8, 4) is 0 Å². The minimum absolute atomic E-state index is 0.0112. The van der Waals surface area contributed by atoms with E-state index in [9.17, 15) is 13.2 Å². The molecule has 1 aromatic carbocycles. The van der Waals surface area contributed by atoms with Crippen molar-refractivity contribution in [1.29, 1.82) is 0 Å². The molecule has 4 rings (SSSR count). The second-order valence-electron chi connectivity index (χ2n) is 9.13. The predicted molar refractivity (Wildman–Crippen MR) is 119 cm³/mol. The van der Waals surface area contributed by atoms with E-state index >= 15 is 0 Å². The third-order valence-electron chi connectivity index (χ3n) is 6.98. The van der Waals surface area contributed by atoms with Crippen LogP contribution in [0.5, 0.6) is 0 Å². The van der Waals surface area contributed by atoms with E-state index in [0.29, 0.717) is 24.5 Å². The standard InChI is InChI=1S/C23H35N3O3S/c1-19(27)26-14-5-9-21-17-22(10-11-23(21)26)30(28,29)25-13-6-12-24(15-16-25)18-20-7-3-2-4-8-20/h10-11,17,20H,2-9,12-16,18H2,1H3. The van der Waals surface area contributed by atoms with Crippen molar-refractivity contribution in [2.24, 2.45) is 5.92 Å². The molecule has 0 atom stereocenters. The van der Waals surface area contributed by atoms with Gasteiger partial charge in [-0.1, -0.05) is 19.3 Å². The maximum Gasteiger partial charge on any atom is 0.243 e. The van der Waals surface area contributed by atoms with E-state index in [0.717, 1.165) is 56.1 Å². The number of nitrogens with zero attached hydrogens (tertiary/aromatic N) is 3. The number of amides is 1. The van der Waals surface area contributed by atoms with Gasteiger partial charge in [-0.3, -0.25) is 4.79 Å². The Hall–Kier alpha value is -1.44. The molecule has 0 aromatic heterocycles. The number of rotatable bonds is 4. The molecule has 7 heteroatoms. The molecule has 0 N–H and O–H groups in total. The second kappa shape index (κ2) is 9.37. The first-order valence-corrected chi connectivity index (χ1v) is 13.0. The summed E-state index contributed by atoms with van der Waals surface area (Å²) >= 11 is 0. The lowest BCUT2D eigenvalue weighted by molar-refractivity contribution is -0.116. The van der Waals surface area contributed by atoms with Gasteiger partial charge in [-0.15, -0.1) is 0 Å². The van der Waals surface area contributed by atoms with Gasteiger partial charge in [0.25, 0.3) is 0 Å². The average molecular weight is 434 g/mol. The highest BCUT2D eigenvalue weighted by molar-refractivity contribution is 7.89. The van der Waals surface area contributed by atoms with E-state index in [1.54, 1.807) is 28.3 Å². The number of aryl methyl sites for hydroxylation is 1. The molecule has 30 heavy (non-hydrogen) atoms. The number of hydrogen-bond acceptors (Lipinski definition) is 4. The van der Waals surface area contributed by atoms with Gasteiger partial charge in [-0.2, -0.15) is 4.31 Å². The molecule has 0 spiro atoms. The van der Waals surface area contributed by atoms with Crippen LogP contribution in [0.15, 0.2) is 23.1 Å². The minimum Gasteiger partial charge on any atom is -0.312 e. The first kappa shape index (κ1) is 21.8. The molecule has 1 saturated heterocycles. The van der Waals surface area contributed by atoms with E-state index in [2.05, 4.69) is 4.90 Å². The Morgan fingerprint density at radius 2 is 1.77 bits per heavy atom. The Bertz CT molecular complexity index is 864. The van der Waals surface area contributed by atoms with Gasteiger partial charge in [0.15, 0.2) is 0 Å². The van der Waals surface area contributed by atoms with E-state index in [1.165, 1.54) is 32.1 Å². The van der Waals surface area contributed by atoms with Crippen molar-refractivity contribution in [1.82, 2.24) is 9.21 Å². The van der Waals surface area contributed by atoms with Crippen LogP contribution in [-0.4, -0.2) is 62.8 Å². The summed E-state index contributed by atoms with van der Waals surface area (Å²) in [6.45, 7) is 6.34. The van der Waals surface area contributed by atoms with Crippen LogP contribution in [0.3, 0.4) is 0 Å². The Kier molecular flexibility index (Phi) is 6.80. The zero-order valence-electron chi connectivity index (χ0n) is 18.2. The van der Waals surface area contributed by atoms with Crippen molar-refractivity contribution in [3.63, 3.8) is 0 Å². The van der Waals surface area contributed by atoms with Crippen LogP contribution >= 0.6 is 0 Å². The fourth-order valence-electron chi connectivity index (χ4n) is 5.32. The van der Waals surface area contributed by atoms with E-state index in [-0.39, 0.29) is 5.91 Å².